The minimum atomic E-state index is -3.65. The molecule has 28 heavy (non-hydrogen) atoms. The topological polar surface area (TPSA) is 91.8 Å². The molecule has 1 aromatic carbocycles. The van der Waals surface area contributed by atoms with Crippen LogP contribution < -0.4 is 4.74 Å². The van der Waals surface area contributed by atoms with Crippen molar-refractivity contribution in [2.45, 2.75) is 20.0 Å². The van der Waals surface area contributed by atoms with Gasteiger partial charge in [-0.25, -0.2) is 9.78 Å². The van der Waals surface area contributed by atoms with E-state index in [0.717, 1.165) is 29.6 Å². The second kappa shape index (κ2) is 9.35. The van der Waals surface area contributed by atoms with Gasteiger partial charge in [0.05, 0.1) is 26.2 Å². The van der Waals surface area contributed by atoms with Crippen LogP contribution in [-0.2, 0) is 32.1 Å². The first kappa shape index (κ1) is 21.4. The van der Waals surface area contributed by atoms with E-state index in [2.05, 4.69) is 16.8 Å². The quantitative estimate of drug-likeness (QED) is 0.415. The molecule has 1 heterocycles. The van der Waals surface area contributed by atoms with E-state index in [-0.39, 0.29) is 18.0 Å². The monoisotopic (exact) mass is 403 g/mol. The number of hydrogen-bond donors (Lipinski definition) is 0. The van der Waals surface area contributed by atoms with E-state index in [0.29, 0.717) is 5.56 Å². The third-order valence-electron chi connectivity index (χ3n) is 3.73. The molecule has 1 aromatic heterocycles. The fraction of sp³-hybridized carbons (Fsp3) is 0.300. The summed E-state index contributed by atoms with van der Waals surface area (Å²) in [5.74, 6) is 6.16. The number of hydrogen-bond acceptors (Lipinski definition) is 7. The third-order valence-corrected chi connectivity index (χ3v) is 4.27. The molecule has 0 unspecified atom stereocenters. The summed E-state index contributed by atoms with van der Waals surface area (Å²) >= 11 is 0. The number of rotatable bonds is 6. The van der Waals surface area contributed by atoms with Gasteiger partial charge in [0, 0.05) is 11.1 Å². The molecular formula is C20H21NO6S. The summed E-state index contributed by atoms with van der Waals surface area (Å²) in [7, 11) is -0.810. The molecule has 0 aliphatic carbocycles. The molecule has 148 valence electrons. The Bertz CT molecular complexity index is 1030. The Hall–Kier alpha value is -2.89. The van der Waals surface area contributed by atoms with Gasteiger partial charge in [0.15, 0.2) is 0 Å². The van der Waals surface area contributed by atoms with Crippen molar-refractivity contribution >= 4 is 16.1 Å². The molecule has 0 aliphatic rings. The van der Waals surface area contributed by atoms with Gasteiger partial charge in [-0.05, 0) is 42.3 Å². The van der Waals surface area contributed by atoms with Gasteiger partial charge in [0.1, 0.15) is 18.1 Å². The van der Waals surface area contributed by atoms with Crippen LogP contribution >= 0.6 is 0 Å². The summed E-state index contributed by atoms with van der Waals surface area (Å²) in [5, 5.41) is 0. The Labute approximate surface area is 164 Å². The van der Waals surface area contributed by atoms with Crippen LogP contribution in [0.25, 0.3) is 0 Å². The molecule has 0 saturated heterocycles. The van der Waals surface area contributed by atoms with Crippen molar-refractivity contribution in [3.63, 3.8) is 0 Å². The average Bonchev–Trinajstić information content (AvgIpc) is 2.69. The standard InChI is InChI=1S/C20H21NO6S/c1-5-15-12-18(25-2)9-8-16(15)7-6-14-10-17(13-27-28(4,23)24)21-19(11-14)20(22)26-3/h8-12H,5,13H2,1-4H3. The van der Waals surface area contributed by atoms with Gasteiger partial charge < -0.3 is 9.47 Å². The van der Waals surface area contributed by atoms with Crippen molar-refractivity contribution in [3.05, 3.63) is 58.4 Å². The Morgan fingerprint density at radius 3 is 2.50 bits per heavy atom. The lowest BCUT2D eigenvalue weighted by Gasteiger charge is -2.06. The molecule has 2 aromatic rings. The van der Waals surface area contributed by atoms with E-state index in [1.807, 2.05) is 25.1 Å². The van der Waals surface area contributed by atoms with Gasteiger partial charge in [0.25, 0.3) is 10.1 Å². The van der Waals surface area contributed by atoms with E-state index < -0.39 is 16.1 Å². The highest BCUT2D eigenvalue weighted by atomic mass is 32.2. The van der Waals surface area contributed by atoms with Crippen LogP contribution in [0, 0.1) is 11.8 Å². The summed E-state index contributed by atoms with van der Waals surface area (Å²) in [6.45, 7) is 1.71. The Morgan fingerprint density at radius 1 is 1.14 bits per heavy atom. The van der Waals surface area contributed by atoms with Crippen LogP contribution in [0.15, 0.2) is 30.3 Å². The van der Waals surface area contributed by atoms with E-state index >= 15 is 0 Å². The fourth-order valence-corrected chi connectivity index (χ4v) is 2.70. The van der Waals surface area contributed by atoms with E-state index in [9.17, 15) is 13.2 Å². The van der Waals surface area contributed by atoms with Crippen LogP contribution in [0.1, 0.15) is 39.8 Å². The summed E-state index contributed by atoms with van der Waals surface area (Å²) in [4.78, 5) is 15.9. The Balaban J connectivity index is 2.42. The van der Waals surface area contributed by atoms with Gasteiger partial charge in [-0.3, -0.25) is 4.18 Å². The number of methoxy groups -OCH3 is 2. The normalized spacial score (nSPS) is 10.7. The number of esters is 1. The lowest BCUT2D eigenvalue weighted by Crippen LogP contribution is -2.09. The molecule has 0 aliphatic heterocycles. The zero-order valence-electron chi connectivity index (χ0n) is 16.1. The fourth-order valence-electron chi connectivity index (χ4n) is 2.36. The van der Waals surface area contributed by atoms with Crippen molar-refractivity contribution in [2.24, 2.45) is 0 Å². The van der Waals surface area contributed by atoms with Crippen molar-refractivity contribution in [3.8, 4) is 17.6 Å². The highest BCUT2D eigenvalue weighted by Crippen LogP contribution is 2.18. The molecular weight excluding hydrogens is 382 g/mol. The highest BCUT2D eigenvalue weighted by molar-refractivity contribution is 7.85. The second-order valence-electron chi connectivity index (χ2n) is 5.82. The van der Waals surface area contributed by atoms with Crippen molar-refractivity contribution in [1.29, 1.82) is 0 Å². The SMILES string of the molecule is CCc1cc(OC)ccc1C#Cc1cc(COS(C)(=O)=O)nc(C(=O)OC)c1. The average molecular weight is 403 g/mol. The molecule has 8 heteroatoms. The van der Waals surface area contributed by atoms with Gasteiger partial charge >= 0.3 is 5.97 Å². The summed E-state index contributed by atoms with van der Waals surface area (Å²) < 4.78 is 37.1. The molecule has 2 rings (SSSR count). The number of carbonyl (C=O) groups excluding carboxylic acids is 1. The lowest BCUT2D eigenvalue weighted by molar-refractivity contribution is 0.0593. The number of aromatic nitrogens is 1. The van der Waals surface area contributed by atoms with Crippen LogP contribution in [0.5, 0.6) is 5.75 Å². The van der Waals surface area contributed by atoms with Crippen molar-refractivity contribution in [2.75, 3.05) is 20.5 Å². The number of ether oxygens (including phenoxy) is 2. The first-order valence-electron chi connectivity index (χ1n) is 8.38. The van der Waals surface area contributed by atoms with E-state index in [1.54, 1.807) is 13.2 Å². The van der Waals surface area contributed by atoms with Crippen molar-refractivity contribution < 1.29 is 26.9 Å². The molecule has 0 atom stereocenters. The number of nitrogens with zero attached hydrogens (tertiary/aromatic N) is 1. The predicted molar refractivity (Wildman–Crippen MR) is 104 cm³/mol. The zero-order valence-corrected chi connectivity index (χ0v) is 16.9. The molecule has 0 spiro atoms. The Kier molecular flexibility index (Phi) is 7.15. The van der Waals surface area contributed by atoms with Gasteiger partial charge in [-0.15, -0.1) is 0 Å². The third kappa shape index (κ3) is 6.08. The smallest absolute Gasteiger partial charge is 0.356 e. The van der Waals surface area contributed by atoms with Crippen LogP contribution in [0.4, 0.5) is 0 Å². The second-order valence-corrected chi connectivity index (χ2v) is 7.46. The zero-order chi connectivity index (χ0) is 20.7. The van der Waals surface area contributed by atoms with E-state index in [1.165, 1.54) is 13.2 Å². The minimum Gasteiger partial charge on any atom is -0.497 e. The number of benzene rings is 1. The number of pyridine rings is 1. The molecule has 0 amide bonds. The maximum Gasteiger partial charge on any atom is 0.356 e. The van der Waals surface area contributed by atoms with Crippen LogP contribution in [0.2, 0.25) is 0 Å². The van der Waals surface area contributed by atoms with E-state index in [4.69, 9.17) is 13.7 Å². The number of carbonyl (C=O) groups is 1. The first-order chi connectivity index (χ1) is 13.3. The Morgan fingerprint density at radius 2 is 1.89 bits per heavy atom. The molecule has 0 N–H and O–H groups in total. The minimum absolute atomic E-state index is 0.0202. The maximum atomic E-state index is 11.9. The molecule has 0 saturated carbocycles. The summed E-state index contributed by atoms with van der Waals surface area (Å²) in [5.41, 5.74) is 2.61. The summed E-state index contributed by atoms with van der Waals surface area (Å²) in [6.07, 6.45) is 1.71. The lowest BCUT2D eigenvalue weighted by atomic mass is 10.0. The van der Waals surface area contributed by atoms with Gasteiger partial charge in [0.2, 0.25) is 0 Å². The van der Waals surface area contributed by atoms with Gasteiger partial charge in [-0.2, -0.15) is 8.42 Å². The molecule has 0 fully saturated rings. The predicted octanol–water partition coefficient (Wildman–Crippen LogP) is 2.32. The number of aryl methyl sites for hydroxylation is 1. The maximum absolute atomic E-state index is 11.9. The largest absolute Gasteiger partial charge is 0.497 e. The molecule has 0 bridgehead atoms. The summed E-state index contributed by atoms with van der Waals surface area (Å²) in [6, 6.07) is 8.65. The molecule has 7 nitrogen and oxygen atoms in total. The van der Waals surface area contributed by atoms with Crippen LogP contribution in [-0.4, -0.2) is 39.8 Å². The molecule has 0 radical (unpaired) electrons. The van der Waals surface area contributed by atoms with Gasteiger partial charge in [-0.1, -0.05) is 18.8 Å². The van der Waals surface area contributed by atoms with Crippen molar-refractivity contribution in [1.82, 2.24) is 4.98 Å². The van der Waals surface area contributed by atoms with Crippen LogP contribution in [0.3, 0.4) is 0 Å². The first-order valence-corrected chi connectivity index (χ1v) is 10.2. The highest BCUT2D eigenvalue weighted by Gasteiger charge is 2.12.